The van der Waals surface area contributed by atoms with Crippen molar-refractivity contribution >= 4 is 12.0 Å². The summed E-state index contributed by atoms with van der Waals surface area (Å²) in [4.78, 5) is 27.8. The highest BCUT2D eigenvalue weighted by atomic mass is 16.6. The lowest BCUT2D eigenvalue weighted by molar-refractivity contribution is 0.0362. The molecule has 0 saturated heterocycles. The number of aromatic nitrogens is 1. The normalized spacial score (nSPS) is 17.0. The summed E-state index contributed by atoms with van der Waals surface area (Å²) in [6.45, 7) is 9.86. The molecule has 4 N–H and O–H groups in total. The largest absolute Gasteiger partial charge is 0.490 e. The molecule has 1 saturated carbocycles. The molecule has 2 aromatic carbocycles. The van der Waals surface area contributed by atoms with Crippen LogP contribution in [-0.2, 0) is 10.2 Å². The molecule has 0 bridgehead atoms. The maximum Gasteiger partial charge on any atom is 0.407 e. The number of alkyl carbamates (subject to hydrolysis) is 1. The second kappa shape index (κ2) is 11.3. The van der Waals surface area contributed by atoms with Crippen LogP contribution in [-0.4, -0.2) is 34.7 Å². The number of rotatable bonds is 8. The first-order chi connectivity index (χ1) is 18.4. The van der Waals surface area contributed by atoms with E-state index in [1.54, 1.807) is 18.2 Å². The van der Waals surface area contributed by atoms with Crippen molar-refractivity contribution in [2.75, 3.05) is 0 Å². The molecular weight excluding hydrogens is 496 g/mol. The topological polar surface area (TPSA) is 125 Å². The van der Waals surface area contributed by atoms with Gasteiger partial charge in [0.05, 0.1) is 0 Å². The quantitative estimate of drug-likeness (QED) is 0.206. The zero-order valence-corrected chi connectivity index (χ0v) is 23.0. The fourth-order valence-corrected chi connectivity index (χ4v) is 4.30. The van der Waals surface area contributed by atoms with Crippen LogP contribution in [0.1, 0.15) is 69.1 Å². The van der Waals surface area contributed by atoms with Crippen molar-refractivity contribution in [3.63, 3.8) is 0 Å². The van der Waals surface area contributed by atoms with Crippen LogP contribution in [0.2, 0.25) is 0 Å². The third-order valence-electron chi connectivity index (χ3n) is 6.58. The van der Waals surface area contributed by atoms with Gasteiger partial charge in [0.25, 0.3) is 5.91 Å². The lowest BCUT2D eigenvalue weighted by atomic mass is 9.78. The summed E-state index contributed by atoms with van der Waals surface area (Å²) in [5, 5.41) is 2.89. The Kier molecular flexibility index (Phi) is 8.11. The molecule has 9 nitrogen and oxygen atoms in total. The molecule has 1 aliphatic rings. The Morgan fingerprint density at radius 2 is 1.46 bits per heavy atom. The average molecular weight is 533 g/mol. The summed E-state index contributed by atoms with van der Waals surface area (Å²) in [6, 6.07) is 20.9. The van der Waals surface area contributed by atoms with Gasteiger partial charge in [-0.15, -0.1) is 0 Å². The number of ether oxygens (including phenoxy) is 3. The van der Waals surface area contributed by atoms with Crippen molar-refractivity contribution in [1.82, 2.24) is 15.7 Å². The number of pyridine rings is 1. The lowest BCUT2D eigenvalue weighted by Gasteiger charge is -2.36. The smallest absolute Gasteiger partial charge is 0.407 e. The monoisotopic (exact) mass is 532 g/mol. The molecule has 0 atom stereocenters. The Morgan fingerprint density at radius 3 is 2.03 bits per heavy atom. The Balaban J connectivity index is 1.31. The minimum absolute atomic E-state index is 0.0659. The Bertz CT molecular complexity index is 1290. The number of hydrogen-bond donors (Lipinski definition) is 3. The van der Waals surface area contributed by atoms with Gasteiger partial charge >= 0.3 is 6.09 Å². The van der Waals surface area contributed by atoms with Gasteiger partial charge in [-0.3, -0.25) is 10.2 Å². The average Bonchev–Trinajstić information content (AvgIpc) is 2.86. The lowest BCUT2D eigenvalue weighted by Crippen LogP contribution is -2.50. The van der Waals surface area contributed by atoms with Crippen molar-refractivity contribution in [2.24, 2.45) is 5.84 Å². The van der Waals surface area contributed by atoms with Crippen molar-refractivity contribution in [1.29, 1.82) is 0 Å². The van der Waals surface area contributed by atoms with E-state index >= 15 is 0 Å². The van der Waals surface area contributed by atoms with Crippen molar-refractivity contribution in [2.45, 2.75) is 70.6 Å². The third-order valence-corrected chi connectivity index (χ3v) is 6.58. The van der Waals surface area contributed by atoms with E-state index in [0.717, 1.165) is 29.7 Å². The zero-order valence-electron chi connectivity index (χ0n) is 23.0. The van der Waals surface area contributed by atoms with Crippen LogP contribution in [0.3, 0.4) is 0 Å². The molecule has 1 aliphatic carbocycles. The van der Waals surface area contributed by atoms with E-state index < -0.39 is 11.5 Å². The maximum absolute atomic E-state index is 11.9. The van der Waals surface area contributed by atoms with Crippen LogP contribution in [0.4, 0.5) is 4.79 Å². The molecular formula is C30H36N4O5. The molecule has 0 aliphatic heterocycles. The fourth-order valence-electron chi connectivity index (χ4n) is 4.30. The molecule has 1 aromatic heterocycles. The van der Waals surface area contributed by atoms with Crippen LogP contribution in [0.15, 0.2) is 66.7 Å². The van der Waals surface area contributed by atoms with Gasteiger partial charge in [-0.25, -0.2) is 15.6 Å². The van der Waals surface area contributed by atoms with E-state index in [1.165, 1.54) is 0 Å². The first-order valence-corrected chi connectivity index (χ1v) is 13.0. The number of nitrogen functional groups attached to an aromatic ring is 1. The predicted octanol–water partition coefficient (Wildman–Crippen LogP) is 5.24. The van der Waals surface area contributed by atoms with Crippen molar-refractivity contribution in [3.8, 4) is 17.4 Å². The van der Waals surface area contributed by atoms with E-state index in [0.29, 0.717) is 11.6 Å². The molecule has 3 aromatic rings. The second-order valence-corrected chi connectivity index (χ2v) is 11.2. The SMILES string of the molecule is CC(C)(C)OC(=O)NC1CC(Oc2ccc(C(C)(C)c3ccc(Oc4cccc(C(=O)NN)n4)cc3)cc2)C1. The molecule has 0 spiro atoms. The molecule has 1 heterocycles. The number of hydrogen-bond acceptors (Lipinski definition) is 7. The van der Waals surface area contributed by atoms with E-state index in [-0.39, 0.29) is 29.3 Å². The van der Waals surface area contributed by atoms with Gasteiger partial charge in [0, 0.05) is 30.4 Å². The third kappa shape index (κ3) is 7.26. The zero-order chi connectivity index (χ0) is 28.2. The number of amides is 2. The summed E-state index contributed by atoms with van der Waals surface area (Å²) in [5.41, 5.74) is 3.73. The van der Waals surface area contributed by atoms with Crippen molar-refractivity contribution < 1.29 is 23.8 Å². The highest BCUT2D eigenvalue weighted by molar-refractivity contribution is 5.91. The Morgan fingerprint density at radius 1 is 0.872 bits per heavy atom. The minimum Gasteiger partial charge on any atom is -0.490 e. The molecule has 4 rings (SSSR count). The number of carbonyl (C=O) groups excluding carboxylic acids is 2. The van der Waals surface area contributed by atoms with E-state index in [2.05, 4.69) is 41.7 Å². The summed E-state index contributed by atoms with van der Waals surface area (Å²) >= 11 is 0. The maximum atomic E-state index is 11.9. The number of nitrogens with one attached hydrogen (secondary N) is 2. The first-order valence-electron chi connectivity index (χ1n) is 13.0. The number of nitrogens with two attached hydrogens (primary N) is 1. The second-order valence-electron chi connectivity index (χ2n) is 11.2. The van der Waals surface area contributed by atoms with E-state index in [9.17, 15) is 9.59 Å². The van der Waals surface area contributed by atoms with Crippen LogP contribution in [0.5, 0.6) is 17.4 Å². The summed E-state index contributed by atoms with van der Waals surface area (Å²) in [7, 11) is 0. The number of nitrogens with zero attached hydrogens (tertiary/aromatic N) is 1. The van der Waals surface area contributed by atoms with Gasteiger partial charge in [-0.2, -0.15) is 0 Å². The number of carbonyl (C=O) groups is 2. The van der Waals surface area contributed by atoms with Crippen LogP contribution < -0.4 is 26.1 Å². The summed E-state index contributed by atoms with van der Waals surface area (Å²) in [5.74, 6) is 6.41. The van der Waals surface area contributed by atoms with Gasteiger partial charge in [-0.1, -0.05) is 44.2 Å². The molecule has 2 amide bonds. The van der Waals surface area contributed by atoms with Crippen LogP contribution in [0, 0.1) is 0 Å². The first kappa shape index (κ1) is 27.9. The molecule has 206 valence electrons. The van der Waals surface area contributed by atoms with Gasteiger partial charge in [0.2, 0.25) is 5.88 Å². The Labute approximate surface area is 229 Å². The standard InChI is InChI=1S/C30H36N4O5/c1-29(2,3)39-28(36)32-21-17-24(18-21)37-22-13-9-19(10-14-22)30(4,5)20-11-15-23(16-12-20)38-26-8-6-7-25(33-26)27(35)34-31/h6-16,21,24H,17-18,31H2,1-5H3,(H,32,36)(H,34,35). The predicted molar refractivity (Wildman–Crippen MR) is 148 cm³/mol. The van der Waals surface area contributed by atoms with E-state index in [1.807, 2.05) is 57.2 Å². The molecule has 0 radical (unpaired) electrons. The molecule has 1 fully saturated rings. The number of benzene rings is 2. The van der Waals surface area contributed by atoms with Crippen LogP contribution in [0.25, 0.3) is 0 Å². The van der Waals surface area contributed by atoms with Gasteiger partial charge in [0.1, 0.15) is 28.9 Å². The van der Waals surface area contributed by atoms with Crippen LogP contribution >= 0.6 is 0 Å². The van der Waals surface area contributed by atoms with Gasteiger partial charge in [-0.05, 0) is 62.2 Å². The number of hydrazine groups is 1. The molecule has 39 heavy (non-hydrogen) atoms. The van der Waals surface area contributed by atoms with E-state index in [4.69, 9.17) is 20.1 Å². The minimum atomic E-state index is -0.509. The molecule has 9 heteroatoms. The van der Waals surface area contributed by atoms with Crippen molar-refractivity contribution in [3.05, 3.63) is 83.6 Å². The molecule has 0 unspecified atom stereocenters. The van der Waals surface area contributed by atoms with Gasteiger partial charge in [0.15, 0.2) is 0 Å². The summed E-state index contributed by atoms with van der Waals surface area (Å²) < 4.78 is 17.2. The highest BCUT2D eigenvalue weighted by Gasteiger charge is 2.33. The summed E-state index contributed by atoms with van der Waals surface area (Å²) in [6.07, 6.45) is 1.18. The van der Waals surface area contributed by atoms with Gasteiger partial charge < -0.3 is 19.5 Å². The highest BCUT2D eigenvalue weighted by Crippen LogP contribution is 2.35. The fraction of sp³-hybridized carbons (Fsp3) is 0.367. The Hall–Kier alpha value is -4.11.